The Balaban J connectivity index is 2.36. The SMILES string of the molecule is Cc1cc(F)ccc1S(=O)(=O)N(C)C1CNC1. The maximum atomic E-state index is 13.0. The van der Waals surface area contributed by atoms with Crippen molar-refractivity contribution in [1.82, 2.24) is 9.62 Å². The first-order valence-corrected chi connectivity index (χ1v) is 6.82. The molecule has 0 amide bonds. The normalized spacial score (nSPS) is 17.2. The first-order valence-electron chi connectivity index (χ1n) is 5.38. The van der Waals surface area contributed by atoms with Gasteiger partial charge in [0.1, 0.15) is 5.82 Å². The van der Waals surface area contributed by atoms with Gasteiger partial charge in [0, 0.05) is 26.2 Å². The molecule has 1 saturated heterocycles. The van der Waals surface area contributed by atoms with Gasteiger partial charge in [0.05, 0.1) is 4.90 Å². The molecule has 0 aromatic heterocycles. The van der Waals surface area contributed by atoms with Crippen molar-refractivity contribution < 1.29 is 12.8 Å². The van der Waals surface area contributed by atoms with E-state index < -0.39 is 15.8 Å². The van der Waals surface area contributed by atoms with E-state index in [1.165, 1.54) is 22.5 Å². The van der Waals surface area contributed by atoms with Crippen molar-refractivity contribution in [2.24, 2.45) is 0 Å². The molecule has 1 aromatic rings. The number of aryl methyl sites for hydroxylation is 1. The Morgan fingerprint density at radius 3 is 2.53 bits per heavy atom. The van der Waals surface area contributed by atoms with Crippen LogP contribution in [-0.2, 0) is 10.0 Å². The summed E-state index contributed by atoms with van der Waals surface area (Å²) in [6, 6.07) is 3.72. The first kappa shape index (κ1) is 12.5. The summed E-state index contributed by atoms with van der Waals surface area (Å²) < 4.78 is 38.9. The molecular formula is C11H15FN2O2S. The van der Waals surface area contributed by atoms with E-state index in [0.717, 1.165) is 0 Å². The zero-order valence-electron chi connectivity index (χ0n) is 9.77. The number of halogens is 1. The van der Waals surface area contributed by atoms with Gasteiger partial charge in [-0.15, -0.1) is 0 Å². The van der Waals surface area contributed by atoms with Gasteiger partial charge in [-0.2, -0.15) is 4.31 Å². The van der Waals surface area contributed by atoms with Crippen molar-refractivity contribution in [1.29, 1.82) is 0 Å². The van der Waals surface area contributed by atoms with Gasteiger partial charge in [0.15, 0.2) is 0 Å². The van der Waals surface area contributed by atoms with Crippen molar-refractivity contribution in [3.8, 4) is 0 Å². The standard InChI is InChI=1S/C11H15FN2O2S/c1-8-5-9(12)3-4-11(8)17(15,16)14(2)10-6-13-7-10/h3-5,10,13H,6-7H2,1-2H3. The molecule has 1 aliphatic heterocycles. The van der Waals surface area contributed by atoms with Crippen LogP contribution in [0.25, 0.3) is 0 Å². The van der Waals surface area contributed by atoms with E-state index in [1.54, 1.807) is 14.0 Å². The lowest BCUT2D eigenvalue weighted by atomic mass is 10.2. The monoisotopic (exact) mass is 258 g/mol. The number of likely N-dealkylation sites (N-methyl/N-ethyl adjacent to an activating group) is 1. The van der Waals surface area contributed by atoms with Crippen LogP contribution >= 0.6 is 0 Å². The molecular weight excluding hydrogens is 243 g/mol. The van der Waals surface area contributed by atoms with E-state index in [4.69, 9.17) is 0 Å². The molecule has 1 N–H and O–H groups in total. The molecule has 6 heteroatoms. The smallest absolute Gasteiger partial charge is 0.243 e. The van der Waals surface area contributed by atoms with Crippen molar-refractivity contribution in [3.63, 3.8) is 0 Å². The Labute approximate surface area is 100 Å². The zero-order chi connectivity index (χ0) is 12.6. The van der Waals surface area contributed by atoms with E-state index in [-0.39, 0.29) is 10.9 Å². The largest absolute Gasteiger partial charge is 0.313 e. The lowest BCUT2D eigenvalue weighted by Gasteiger charge is -2.34. The third-order valence-corrected chi connectivity index (χ3v) is 5.14. The quantitative estimate of drug-likeness (QED) is 0.869. The van der Waals surface area contributed by atoms with Crippen molar-refractivity contribution in [2.75, 3.05) is 20.1 Å². The average Bonchev–Trinajstić information content (AvgIpc) is 2.13. The van der Waals surface area contributed by atoms with E-state index >= 15 is 0 Å². The molecule has 1 aromatic carbocycles. The van der Waals surface area contributed by atoms with Gasteiger partial charge in [-0.3, -0.25) is 0 Å². The lowest BCUT2D eigenvalue weighted by Crippen LogP contribution is -2.57. The molecule has 94 valence electrons. The van der Waals surface area contributed by atoms with Crippen LogP contribution in [-0.4, -0.2) is 38.9 Å². The molecule has 0 bridgehead atoms. The predicted octanol–water partition coefficient (Wildman–Crippen LogP) is 0.726. The van der Waals surface area contributed by atoms with Gasteiger partial charge >= 0.3 is 0 Å². The Bertz CT molecular complexity index is 526. The minimum Gasteiger partial charge on any atom is -0.313 e. The van der Waals surface area contributed by atoms with Gasteiger partial charge in [0.2, 0.25) is 10.0 Å². The maximum absolute atomic E-state index is 13.0. The fourth-order valence-corrected chi connectivity index (χ4v) is 3.34. The van der Waals surface area contributed by atoms with Crippen LogP contribution in [0.2, 0.25) is 0 Å². The molecule has 1 heterocycles. The molecule has 0 saturated carbocycles. The highest BCUT2D eigenvalue weighted by Gasteiger charge is 2.32. The second-order valence-corrected chi connectivity index (χ2v) is 6.21. The highest BCUT2D eigenvalue weighted by Crippen LogP contribution is 2.22. The summed E-state index contributed by atoms with van der Waals surface area (Å²) >= 11 is 0. The molecule has 17 heavy (non-hydrogen) atoms. The summed E-state index contributed by atoms with van der Waals surface area (Å²) in [5.74, 6) is -0.422. The lowest BCUT2D eigenvalue weighted by molar-refractivity contribution is 0.274. The van der Waals surface area contributed by atoms with Crippen LogP contribution in [0.1, 0.15) is 5.56 Å². The topological polar surface area (TPSA) is 49.4 Å². The summed E-state index contributed by atoms with van der Waals surface area (Å²) in [7, 11) is -1.96. The second-order valence-electron chi connectivity index (χ2n) is 4.24. The van der Waals surface area contributed by atoms with Crippen molar-refractivity contribution >= 4 is 10.0 Å². The van der Waals surface area contributed by atoms with Crippen LogP contribution in [0.5, 0.6) is 0 Å². The van der Waals surface area contributed by atoms with Gasteiger partial charge < -0.3 is 5.32 Å². The minimum atomic E-state index is -3.52. The molecule has 1 aliphatic rings. The minimum absolute atomic E-state index is 0.00977. The number of hydrogen-bond acceptors (Lipinski definition) is 3. The number of nitrogens with one attached hydrogen (secondary N) is 1. The number of sulfonamides is 1. The fourth-order valence-electron chi connectivity index (χ4n) is 1.78. The number of benzene rings is 1. The van der Waals surface area contributed by atoms with Gasteiger partial charge in [0.25, 0.3) is 0 Å². The van der Waals surface area contributed by atoms with Crippen LogP contribution in [0.3, 0.4) is 0 Å². The highest BCUT2D eigenvalue weighted by molar-refractivity contribution is 7.89. The molecule has 0 spiro atoms. The average molecular weight is 258 g/mol. The van der Waals surface area contributed by atoms with Crippen LogP contribution < -0.4 is 5.32 Å². The van der Waals surface area contributed by atoms with E-state index in [2.05, 4.69) is 5.32 Å². The predicted molar refractivity (Wildman–Crippen MR) is 62.7 cm³/mol. The summed E-state index contributed by atoms with van der Waals surface area (Å²) in [5.41, 5.74) is 0.434. The molecule has 0 atom stereocenters. The van der Waals surface area contributed by atoms with E-state index in [9.17, 15) is 12.8 Å². The second kappa shape index (κ2) is 4.36. The molecule has 1 fully saturated rings. The van der Waals surface area contributed by atoms with E-state index in [0.29, 0.717) is 18.7 Å². The maximum Gasteiger partial charge on any atom is 0.243 e. The number of hydrogen-bond donors (Lipinski definition) is 1. The Morgan fingerprint density at radius 1 is 1.41 bits per heavy atom. The molecule has 0 radical (unpaired) electrons. The number of nitrogens with zero attached hydrogens (tertiary/aromatic N) is 1. The van der Waals surface area contributed by atoms with Gasteiger partial charge in [-0.05, 0) is 30.7 Å². The molecule has 0 unspecified atom stereocenters. The Kier molecular flexibility index (Phi) is 3.20. The van der Waals surface area contributed by atoms with E-state index in [1.807, 2.05) is 0 Å². The third-order valence-electron chi connectivity index (χ3n) is 3.07. The van der Waals surface area contributed by atoms with Crippen LogP contribution in [0, 0.1) is 12.7 Å². The Morgan fingerprint density at radius 2 is 2.06 bits per heavy atom. The zero-order valence-corrected chi connectivity index (χ0v) is 10.6. The summed E-state index contributed by atoms with van der Waals surface area (Å²) in [6.07, 6.45) is 0. The summed E-state index contributed by atoms with van der Waals surface area (Å²) in [6.45, 7) is 2.93. The van der Waals surface area contributed by atoms with Crippen molar-refractivity contribution in [3.05, 3.63) is 29.6 Å². The third kappa shape index (κ3) is 2.20. The molecule has 0 aliphatic carbocycles. The van der Waals surface area contributed by atoms with Gasteiger partial charge in [-0.25, -0.2) is 12.8 Å². The fraction of sp³-hybridized carbons (Fsp3) is 0.455. The van der Waals surface area contributed by atoms with Crippen LogP contribution in [0.15, 0.2) is 23.1 Å². The Hall–Kier alpha value is -0.980. The highest BCUT2D eigenvalue weighted by atomic mass is 32.2. The molecule has 4 nitrogen and oxygen atoms in total. The van der Waals surface area contributed by atoms with Gasteiger partial charge in [-0.1, -0.05) is 0 Å². The molecule has 2 rings (SSSR count). The first-order chi connectivity index (χ1) is 7.93. The van der Waals surface area contributed by atoms with Crippen molar-refractivity contribution in [2.45, 2.75) is 17.9 Å². The summed E-state index contributed by atoms with van der Waals surface area (Å²) in [5, 5.41) is 3.02. The van der Waals surface area contributed by atoms with Crippen LogP contribution in [0.4, 0.5) is 4.39 Å². The number of rotatable bonds is 3. The summed E-state index contributed by atoms with van der Waals surface area (Å²) in [4.78, 5) is 0.174.